The Morgan fingerprint density at radius 1 is 0.768 bits per heavy atom. The van der Waals surface area contributed by atoms with Crippen molar-refractivity contribution in [1.82, 2.24) is 10.7 Å². The molecular formula is C44H50N2O10. The van der Waals surface area contributed by atoms with Crippen LogP contribution >= 0.6 is 0 Å². The van der Waals surface area contributed by atoms with Gasteiger partial charge in [-0.3, -0.25) is 15.2 Å². The number of para-hydroxylation sites is 1. The van der Waals surface area contributed by atoms with E-state index >= 15 is 0 Å². The van der Waals surface area contributed by atoms with Gasteiger partial charge in [0.1, 0.15) is 17.2 Å². The number of nitrogens with one attached hydrogen (secondary N) is 1. The number of fused-ring (bicyclic) bond motifs is 1. The highest BCUT2D eigenvalue weighted by molar-refractivity contribution is 5.89. The predicted molar refractivity (Wildman–Crippen MR) is 209 cm³/mol. The van der Waals surface area contributed by atoms with Crippen molar-refractivity contribution in [1.29, 1.82) is 0 Å². The molecule has 296 valence electrons. The molecule has 1 fully saturated rings. The molecule has 0 aliphatic carbocycles. The molecule has 5 aromatic rings. The van der Waals surface area contributed by atoms with Crippen molar-refractivity contribution in [2.24, 2.45) is 5.92 Å². The molecule has 12 heteroatoms. The zero-order valence-corrected chi connectivity index (χ0v) is 31.8. The van der Waals surface area contributed by atoms with Gasteiger partial charge in [0.2, 0.25) is 0 Å². The molecule has 6 rings (SSSR count). The van der Waals surface area contributed by atoms with E-state index in [9.17, 15) is 4.79 Å². The first kappa shape index (κ1) is 40.6. The lowest BCUT2D eigenvalue weighted by Crippen LogP contribution is -2.48. The summed E-state index contributed by atoms with van der Waals surface area (Å²) < 4.78 is 35.6. The van der Waals surface area contributed by atoms with Crippen molar-refractivity contribution in [3.63, 3.8) is 0 Å². The molecule has 0 spiro atoms. The summed E-state index contributed by atoms with van der Waals surface area (Å²) in [5.74, 6) is 1.85. The second-order valence-electron chi connectivity index (χ2n) is 13.7. The van der Waals surface area contributed by atoms with Crippen molar-refractivity contribution in [3.8, 4) is 17.2 Å². The Bertz CT molecular complexity index is 1990. The van der Waals surface area contributed by atoms with Crippen LogP contribution in [0.4, 0.5) is 0 Å². The fraction of sp³-hybridized carbons (Fsp3) is 0.341. The maximum atomic E-state index is 13.1. The molecule has 3 unspecified atom stereocenters. The molecule has 0 saturated carbocycles. The number of benzene rings is 5. The standard InChI is InChI=1S/C44H50N2O10/c1-50-40-14-6-4-12-36(40)29-52-19-8-20-53-38-17-15-34(16-18-38)44-37(30-55-43(47)24-31-9-7-10-32(21-31)28-56-46(48)49)25-45-26-42(44)54-27-33-22-35-11-3-5-13-39(35)41(23-33)51-2/h3-7,9-18,21-23,37,42,44-45,48-49H,8,19-20,24-30H2,1-2H3. The SMILES string of the molecule is COc1ccccc1COCCCOc1ccc(C2C(COC(=O)Cc3cccc(CON(O)O)c3)CNCC2OCc2cc(OC)c3ccccc3c2)cc1. The lowest BCUT2D eigenvalue weighted by Gasteiger charge is -2.38. The molecule has 1 aliphatic rings. The van der Waals surface area contributed by atoms with Crippen LogP contribution in [0.3, 0.4) is 0 Å². The number of esters is 1. The minimum atomic E-state index is -0.366. The van der Waals surface area contributed by atoms with Crippen molar-refractivity contribution in [3.05, 3.63) is 137 Å². The van der Waals surface area contributed by atoms with Crippen LogP contribution in [0.1, 0.15) is 40.2 Å². The maximum absolute atomic E-state index is 13.1. The molecule has 56 heavy (non-hydrogen) atoms. The molecule has 1 heterocycles. The summed E-state index contributed by atoms with van der Waals surface area (Å²) in [6.07, 6.45) is 0.573. The average Bonchev–Trinajstić information content (AvgIpc) is 3.22. The van der Waals surface area contributed by atoms with Crippen LogP contribution in [0.25, 0.3) is 10.8 Å². The molecule has 0 amide bonds. The number of carbonyl (C=O) groups is 1. The quantitative estimate of drug-likeness (QED) is 0.0426. The Hall–Kier alpha value is -5.05. The smallest absolute Gasteiger partial charge is 0.310 e. The number of piperidine rings is 1. The Kier molecular flexibility index (Phi) is 15.0. The summed E-state index contributed by atoms with van der Waals surface area (Å²) >= 11 is 0. The molecule has 1 aliphatic heterocycles. The van der Waals surface area contributed by atoms with Crippen molar-refractivity contribution < 1.29 is 48.5 Å². The normalized spacial score (nSPS) is 16.8. The van der Waals surface area contributed by atoms with E-state index in [2.05, 4.69) is 29.6 Å². The van der Waals surface area contributed by atoms with Gasteiger partial charge in [0.25, 0.3) is 0 Å². The number of rotatable bonds is 20. The highest BCUT2D eigenvalue weighted by Gasteiger charge is 2.36. The fourth-order valence-electron chi connectivity index (χ4n) is 7.09. The van der Waals surface area contributed by atoms with Crippen LogP contribution in [-0.4, -0.2) is 75.0 Å². The first-order valence-corrected chi connectivity index (χ1v) is 18.7. The van der Waals surface area contributed by atoms with Crippen molar-refractivity contribution in [2.75, 3.05) is 47.1 Å². The minimum Gasteiger partial charge on any atom is -0.496 e. The number of hydrogen-bond acceptors (Lipinski definition) is 12. The van der Waals surface area contributed by atoms with Gasteiger partial charge in [-0.25, -0.2) is 4.84 Å². The lowest BCUT2D eigenvalue weighted by molar-refractivity contribution is -0.497. The monoisotopic (exact) mass is 766 g/mol. The highest BCUT2D eigenvalue weighted by Crippen LogP contribution is 2.35. The number of ether oxygens (including phenoxy) is 6. The third kappa shape index (κ3) is 11.5. The van der Waals surface area contributed by atoms with Crippen LogP contribution in [0.5, 0.6) is 17.2 Å². The van der Waals surface area contributed by atoms with E-state index in [1.165, 1.54) is 0 Å². The summed E-state index contributed by atoms with van der Waals surface area (Å²) in [5.41, 5.74) is 4.47. The number of carbonyl (C=O) groups excluding carboxylic acids is 1. The number of nitrogens with zero attached hydrogens (tertiary/aromatic N) is 1. The van der Waals surface area contributed by atoms with Crippen LogP contribution < -0.4 is 19.5 Å². The minimum absolute atomic E-state index is 0.0574. The highest BCUT2D eigenvalue weighted by atomic mass is 17.1. The van der Waals surface area contributed by atoms with Gasteiger partial charge in [-0.15, -0.1) is 0 Å². The molecule has 0 aromatic heterocycles. The largest absolute Gasteiger partial charge is 0.496 e. The topological polar surface area (TPSA) is 137 Å². The van der Waals surface area contributed by atoms with Crippen LogP contribution in [0.2, 0.25) is 0 Å². The zero-order chi connectivity index (χ0) is 39.1. The molecule has 0 radical (unpaired) electrons. The summed E-state index contributed by atoms with van der Waals surface area (Å²) in [6.45, 7) is 3.31. The third-order valence-electron chi connectivity index (χ3n) is 9.79. The predicted octanol–water partition coefficient (Wildman–Crippen LogP) is 7.03. The van der Waals surface area contributed by atoms with E-state index in [1.807, 2.05) is 66.7 Å². The fourth-order valence-corrected chi connectivity index (χ4v) is 7.09. The molecule has 0 bridgehead atoms. The van der Waals surface area contributed by atoms with Gasteiger partial charge in [-0.1, -0.05) is 78.9 Å². The van der Waals surface area contributed by atoms with E-state index in [-0.39, 0.29) is 48.9 Å². The van der Waals surface area contributed by atoms with E-state index in [1.54, 1.807) is 32.4 Å². The van der Waals surface area contributed by atoms with E-state index < -0.39 is 0 Å². The van der Waals surface area contributed by atoms with Crippen LogP contribution in [0.15, 0.2) is 109 Å². The van der Waals surface area contributed by atoms with Gasteiger partial charge in [0.05, 0.1) is 71.8 Å². The molecule has 1 saturated heterocycles. The van der Waals surface area contributed by atoms with E-state index in [0.717, 1.165) is 56.7 Å². The Morgan fingerprint density at radius 2 is 1.55 bits per heavy atom. The van der Waals surface area contributed by atoms with Crippen molar-refractivity contribution >= 4 is 16.7 Å². The molecular weight excluding hydrogens is 716 g/mol. The molecule has 5 aromatic carbocycles. The Balaban J connectivity index is 1.10. The number of methoxy groups -OCH3 is 2. The third-order valence-corrected chi connectivity index (χ3v) is 9.79. The van der Waals surface area contributed by atoms with Gasteiger partial charge in [-0.05, 0) is 58.0 Å². The van der Waals surface area contributed by atoms with Gasteiger partial charge in [0, 0.05) is 42.3 Å². The number of hydrogen-bond donors (Lipinski definition) is 3. The van der Waals surface area contributed by atoms with Crippen molar-refractivity contribution in [2.45, 2.75) is 44.7 Å². The van der Waals surface area contributed by atoms with Gasteiger partial charge in [0.15, 0.2) is 0 Å². The van der Waals surface area contributed by atoms with Gasteiger partial charge < -0.3 is 33.7 Å². The van der Waals surface area contributed by atoms with E-state index in [0.29, 0.717) is 45.1 Å². The lowest BCUT2D eigenvalue weighted by atomic mass is 9.79. The second kappa shape index (κ2) is 20.7. The Morgan fingerprint density at radius 3 is 2.38 bits per heavy atom. The van der Waals surface area contributed by atoms with Gasteiger partial charge >= 0.3 is 5.97 Å². The summed E-state index contributed by atoms with van der Waals surface area (Å²) in [6, 6.07) is 35.3. The van der Waals surface area contributed by atoms with E-state index in [4.69, 9.17) is 43.7 Å². The maximum Gasteiger partial charge on any atom is 0.310 e. The first-order chi connectivity index (χ1) is 27.4. The summed E-state index contributed by atoms with van der Waals surface area (Å²) in [4.78, 5) is 17.8. The zero-order valence-electron chi connectivity index (χ0n) is 31.8. The summed E-state index contributed by atoms with van der Waals surface area (Å²) in [5, 5.41) is 23.0. The molecule has 12 nitrogen and oxygen atoms in total. The Labute approximate surface area is 327 Å². The van der Waals surface area contributed by atoms with Gasteiger partial charge in [-0.2, -0.15) is 0 Å². The van der Waals surface area contributed by atoms with Crippen LogP contribution in [-0.2, 0) is 50.1 Å². The second-order valence-corrected chi connectivity index (χ2v) is 13.7. The first-order valence-electron chi connectivity index (χ1n) is 18.7. The average molecular weight is 767 g/mol. The molecule has 3 N–H and O–H groups in total. The molecule has 3 atom stereocenters. The van der Waals surface area contributed by atoms with Crippen LogP contribution in [0, 0.1) is 5.92 Å². The summed E-state index contributed by atoms with van der Waals surface area (Å²) in [7, 11) is 3.33.